The molecule has 106 valence electrons. The second kappa shape index (κ2) is 5.58. The van der Waals surface area contributed by atoms with Gasteiger partial charge in [-0.05, 0) is 30.0 Å². The summed E-state index contributed by atoms with van der Waals surface area (Å²) in [7, 11) is 1.57. The maximum atomic E-state index is 13.7. The van der Waals surface area contributed by atoms with Crippen LogP contribution in [0.3, 0.4) is 0 Å². The third-order valence-electron chi connectivity index (χ3n) is 3.01. The highest BCUT2D eigenvalue weighted by atomic mass is 32.1. The summed E-state index contributed by atoms with van der Waals surface area (Å²) >= 11 is 1.53. The van der Waals surface area contributed by atoms with Crippen LogP contribution < -0.4 is 5.73 Å². The van der Waals surface area contributed by atoms with E-state index < -0.39 is 17.5 Å². The lowest BCUT2D eigenvalue weighted by molar-refractivity contribution is 0.0781. The largest absolute Gasteiger partial charge is 0.396 e. The molecule has 1 aromatic heterocycles. The number of halogens is 2. The number of anilines is 1. The number of carbonyl (C=O) groups excluding carboxylic acids is 1. The van der Waals surface area contributed by atoms with Gasteiger partial charge < -0.3 is 10.6 Å². The second-order valence-electron chi connectivity index (χ2n) is 4.54. The number of thiophene rings is 1. The Balaban J connectivity index is 2.23. The van der Waals surface area contributed by atoms with Gasteiger partial charge in [-0.25, -0.2) is 8.78 Å². The number of amides is 1. The Hall–Kier alpha value is -1.95. The molecular formula is C14H14F2N2OS. The van der Waals surface area contributed by atoms with Crippen molar-refractivity contribution < 1.29 is 13.6 Å². The predicted molar refractivity (Wildman–Crippen MR) is 75.6 cm³/mol. The van der Waals surface area contributed by atoms with Gasteiger partial charge in [0.2, 0.25) is 0 Å². The minimum atomic E-state index is -0.906. The number of nitrogen functional groups attached to an aromatic ring is 1. The topological polar surface area (TPSA) is 46.3 Å². The van der Waals surface area contributed by atoms with Crippen LogP contribution in [0.25, 0.3) is 0 Å². The lowest BCUT2D eigenvalue weighted by Gasteiger charge is -2.17. The molecule has 1 amide bonds. The van der Waals surface area contributed by atoms with Crippen molar-refractivity contribution in [2.75, 3.05) is 12.8 Å². The summed E-state index contributed by atoms with van der Waals surface area (Å²) in [5, 5.41) is 1.93. The van der Waals surface area contributed by atoms with Crippen LogP contribution in [-0.2, 0) is 6.54 Å². The average Bonchev–Trinajstić information content (AvgIpc) is 2.78. The highest BCUT2D eigenvalue weighted by molar-refractivity contribution is 7.10. The van der Waals surface area contributed by atoms with Crippen LogP contribution in [0.15, 0.2) is 23.6 Å². The highest BCUT2D eigenvalue weighted by Gasteiger charge is 2.19. The third-order valence-corrected chi connectivity index (χ3v) is 4.02. The van der Waals surface area contributed by atoms with Gasteiger partial charge in [0.25, 0.3) is 5.91 Å². The molecular weight excluding hydrogens is 282 g/mol. The van der Waals surface area contributed by atoms with Crippen molar-refractivity contribution in [1.29, 1.82) is 0 Å². The first-order chi connectivity index (χ1) is 9.40. The molecule has 3 nitrogen and oxygen atoms in total. The Kier molecular flexibility index (Phi) is 4.04. The molecule has 0 aliphatic carbocycles. The fourth-order valence-corrected chi connectivity index (χ4v) is 2.75. The lowest BCUT2D eigenvalue weighted by Crippen LogP contribution is -2.27. The van der Waals surface area contributed by atoms with Gasteiger partial charge in [0, 0.05) is 18.0 Å². The number of hydrogen-bond acceptors (Lipinski definition) is 3. The van der Waals surface area contributed by atoms with E-state index in [0.29, 0.717) is 12.6 Å². The zero-order valence-electron chi connectivity index (χ0n) is 11.1. The smallest absolute Gasteiger partial charge is 0.256 e. The summed E-state index contributed by atoms with van der Waals surface area (Å²) in [4.78, 5) is 14.6. The van der Waals surface area contributed by atoms with Crippen LogP contribution in [0.4, 0.5) is 14.5 Å². The van der Waals surface area contributed by atoms with Crippen molar-refractivity contribution in [1.82, 2.24) is 4.90 Å². The molecule has 0 atom stereocenters. The average molecular weight is 296 g/mol. The number of aryl methyl sites for hydroxylation is 1. The summed E-state index contributed by atoms with van der Waals surface area (Å²) in [5.41, 5.74) is 5.99. The molecule has 0 saturated carbocycles. The van der Waals surface area contributed by atoms with Crippen LogP contribution in [-0.4, -0.2) is 17.9 Å². The van der Waals surface area contributed by atoms with Gasteiger partial charge >= 0.3 is 0 Å². The number of rotatable bonds is 3. The van der Waals surface area contributed by atoms with Crippen molar-refractivity contribution in [3.05, 3.63) is 51.2 Å². The normalized spacial score (nSPS) is 10.6. The summed E-state index contributed by atoms with van der Waals surface area (Å²) in [6.45, 7) is 2.32. The molecule has 0 unspecified atom stereocenters. The minimum Gasteiger partial charge on any atom is -0.396 e. The predicted octanol–water partition coefficient (Wildman–Crippen LogP) is 3.19. The van der Waals surface area contributed by atoms with Gasteiger partial charge in [-0.15, -0.1) is 11.3 Å². The van der Waals surface area contributed by atoms with E-state index in [1.807, 2.05) is 18.4 Å². The maximum Gasteiger partial charge on any atom is 0.256 e. The zero-order valence-corrected chi connectivity index (χ0v) is 11.9. The molecule has 2 aromatic rings. The Morgan fingerprint density at radius 2 is 2.05 bits per heavy atom. The number of hydrogen-bond donors (Lipinski definition) is 1. The molecule has 0 bridgehead atoms. The van der Waals surface area contributed by atoms with Crippen LogP contribution in [0.2, 0.25) is 0 Å². The molecule has 0 aliphatic rings. The summed E-state index contributed by atoms with van der Waals surface area (Å²) in [6.07, 6.45) is 0. The van der Waals surface area contributed by atoms with Crippen LogP contribution in [0.5, 0.6) is 0 Å². The van der Waals surface area contributed by atoms with Crippen molar-refractivity contribution in [2.24, 2.45) is 0 Å². The van der Waals surface area contributed by atoms with Gasteiger partial charge in [-0.3, -0.25) is 4.79 Å². The van der Waals surface area contributed by atoms with Crippen LogP contribution >= 0.6 is 11.3 Å². The first-order valence-corrected chi connectivity index (χ1v) is 6.81. The van der Waals surface area contributed by atoms with E-state index in [1.54, 1.807) is 7.05 Å². The molecule has 20 heavy (non-hydrogen) atoms. The summed E-state index contributed by atoms with van der Waals surface area (Å²) in [5.74, 6) is -2.30. The number of nitrogens with two attached hydrogens (primary N) is 1. The molecule has 2 N–H and O–H groups in total. The number of nitrogens with zero attached hydrogens (tertiary/aromatic N) is 1. The second-order valence-corrected chi connectivity index (χ2v) is 5.54. The molecule has 0 radical (unpaired) electrons. The van der Waals surface area contributed by atoms with Gasteiger partial charge in [-0.2, -0.15) is 0 Å². The molecule has 2 rings (SSSR count). The van der Waals surface area contributed by atoms with Crippen molar-refractivity contribution in [3.63, 3.8) is 0 Å². The van der Waals surface area contributed by atoms with E-state index >= 15 is 0 Å². The Morgan fingerprint density at radius 1 is 1.35 bits per heavy atom. The van der Waals surface area contributed by atoms with Gasteiger partial charge in [0.15, 0.2) is 0 Å². The minimum absolute atomic E-state index is 0.222. The summed E-state index contributed by atoms with van der Waals surface area (Å²) < 4.78 is 26.8. The van der Waals surface area contributed by atoms with E-state index in [1.165, 1.54) is 16.2 Å². The van der Waals surface area contributed by atoms with E-state index in [2.05, 4.69) is 0 Å². The molecule has 1 aromatic carbocycles. The zero-order chi connectivity index (χ0) is 14.9. The highest BCUT2D eigenvalue weighted by Crippen LogP contribution is 2.21. The molecule has 0 saturated heterocycles. The van der Waals surface area contributed by atoms with Crippen molar-refractivity contribution >= 4 is 22.9 Å². The quantitative estimate of drug-likeness (QED) is 0.884. The van der Waals surface area contributed by atoms with Gasteiger partial charge in [-0.1, -0.05) is 0 Å². The summed E-state index contributed by atoms with van der Waals surface area (Å²) in [6, 6.07) is 3.62. The van der Waals surface area contributed by atoms with Crippen LogP contribution in [0.1, 0.15) is 20.8 Å². The fourth-order valence-electron chi connectivity index (χ4n) is 1.79. The van der Waals surface area contributed by atoms with E-state index in [9.17, 15) is 13.6 Å². The Morgan fingerprint density at radius 3 is 2.65 bits per heavy atom. The standard InChI is InChI=1S/C14H14F2N2OS/c1-8-3-4-20-13(8)7-18(2)14(19)9-5-12(17)11(16)6-10(9)15/h3-6H,7,17H2,1-2H3. The van der Waals surface area contributed by atoms with Gasteiger partial charge in [0.05, 0.1) is 17.8 Å². The number of carbonyl (C=O) groups is 1. The third kappa shape index (κ3) is 2.80. The van der Waals surface area contributed by atoms with Crippen LogP contribution in [0, 0.1) is 18.6 Å². The number of benzene rings is 1. The van der Waals surface area contributed by atoms with Gasteiger partial charge in [0.1, 0.15) is 11.6 Å². The maximum absolute atomic E-state index is 13.7. The Labute approximate surface area is 119 Å². The SMILES string of the molecule is Cc1ccsc1CN(C)C(=O)c1cc(N)c(F)cc1F. The molecule has 0 aliphatic heterocycles. The van der Waals surface area contributed by atoms with E-state index in [4.69, 9.17) is 5.73 Å². The molecule has 0 spiro atoms. The van der Waals surface area contributed by atoms with Crippen molar-refractivity contribution in [3.8, 4) is 0 Å². The molecule has 1 heterocycles. The first kappa shape index (κ1) is 14.5. The van der Waals surface area contributed by atoms with E-state index in [-0.39, 0.29) is 11.3 Å². The fraction of sp³-hybridized carbons (Fsp3) is 0.214. The van der Waals surface area contributed by atoms with E-state index in [0.717, 1.165) is 16.5 Å². The lowest BCUT2D eigenvalue weighted by atomic mass is 10.1. The monoisotopic (exact) mass is 296 g/mol. The van der Waals surface area contributed by atoms with Crippen molar-refractivity contribution in [2.45, 2.75) is 13.5 Å². The molecule has 0 fully saturated rings. The first-order valence-electron chi connectivity index (χ1n) is 5.93. The molecule has 6 heteroatoms. The Bertz CT molecular complexity index is 655.